The smallest absolute Gasteiger partial charge is 0.312 e. The maximum atomic E-state index is 13.5. The Bertz CT molecular complexity index is 1630. The lowest BCUT2D eigenvalue weighted by Gasteiger charge is -2.25. The predicted molar refractivity (Wildman–Crippen MR) is 124 cm³/mol. The minimum absolute atomic E-state index is 0.0775. The van der Waals surface area contributed by atoms with Crippen LogP contribution < -0.4 is 19.6 Å². The van der Waals surface area contributed by atoms with E-state index < -0.39 is 11.9 Å². The minimum Gasteiger partial charge on any atom is -0.497 e. The number of carbonyl (C=O) groups is 2. The third-order valence-corrected chi connectivity index (χ3v) is 6.20. The highest BCUT2D eigenvalue weighted by atomic mass is 16.5. The van der Waals surface area contributed by atoms with Crippen molar-refractivity contribution in [3.63, 3.8) is 0 Å². The summed E-state index contributed by atoms with van der Waals surface area (Å²) in [4.78, 5) is 39.0. The summed E-state index contributed by atoms with van der Waals surface area (Å²) in [5.74, 6) is 0.676. The van der Waals surface area contributed by atoms with Crippen LogP contribution in [0.4, 0.5) is 0 Å². The van der Waals surface area contributed by atoms with E-state index in [0.717, 1.165) is 0 Å². The Hall–Kier alpha value is -4.59. The summed E-state index contributed by atoms with van der Waals surface area (Å²) in [6, 6.07) is 11.5. The second-order valence-corrected chi connectivity index (χ2v) is 8.36. The Morgan fingerprint density at radius 1 is 1.03 bits per heavy atom. The van der Waals surface area contributed by atoms with E-state index in [1.54, 1.807) is 49.4 Å². The molecule has 0 saturated heterocycles. The van der Waals surface area contributed by atoms with Crippen LogP contribution in [0.5, 0.6) is 17.2 Å². The van der Waals surface area contributed by atoms with E-state index in [0.29, 0.717) is 39.4 Å². The molecule has 0 saturated carbocycles. The molecular weight excluding hydrogens is 452 g/mol. The highest BCUT2D eigenvalue weighted by Crippen LogP contribution is 2.48. The van der Waals surface area contributed by atoms with Gasteiger partial charge < -0.3 is 23.0 Å². The average molecular weight is 470 g/mol. The molecule has 4 aromatic rings. The number of aryl methyl sites for hydroxylation is 1. The molecule has 8 heteroatoms. The van der Waals surface area contributed by atoms with Crippen molar-refractivity contribution in [1.82, 2.24) is 0 Å². The summed E-state index contributed by atoms with van der Waals surface area (Å²) in [5.41, 5.74) is 1.10. The van der Waals surface area contributed by atoms with Crippen molar-refractivity contribution in [1.29, 1.82) is 0 Å². The number of allylic oxidation sites excluding steroid dienone is 1. The van der Waals surface area contributed by atoms with Crippen LogP contribution in [0.2, 0.25) is 0 Å². The topological polar surface area (TPSA) is 105 Å². The number of hydrogen-bond acceptors (Lipinski definition) is 8. The molecule has 174 valence electrons. The van der Waals surface area contributed by atoms with Gasteiger partial charge in [0.25, 0.3) is 0 Å². The average Bonchev–Trinajstić information content (AvgIpc) is 3.41. The van der Waals surface area contributed by atoms with Gasteiger partial charge in [0.1, 0.15) is 34.4 Å². The molecule has 2 aromatic carbocycles. The van der Waals surface area contributed by atoms with Crippen LogP contribution in [-0.4, -0.2) is 18.9 Å². The molecule has 0 radical (unpaired) electrons. The Morgan fingerprint density at radius 2 is 1.89 bits per heavy atom. The number of fused-ring (bicyclic) bond motifs is 4. The lowest BCUT2D eigenvalue weighted by atomic mass is 9.85. The van der Waals surface area contributed by atoms with Crippen molar-refractivity contribution in [2.45, 2.75) is 19.3 Å². The summed E-state index contributed by atoms with van der Waals surface area (Å²) in [5, 5.41) is 0.320. The number of methoxy groups -OCH3 is 1. The lowest BCUT2D eigenvalue weighted by molar-refractivity contribution is -0.135. The zero-order valence-corrected chi connectivity index (χ0v) is 18.7. The Morgan fingerprint density at radius 3 is 2.66 bits per heavy atom. The second kappa shape index (κ2) is 7.73. The fourth-order valence-corrected chi connectivity index (χ4v) is 4.52. The molecule has 0 fully saturated rings. The normalized spacial score (nSPS) is 17.8. The molecule has 2 aromatic heterocycles. The molecule has 0 N–H and O–H groups in total. The molecule has 8 nitrogen and oxygen atoms in total. The number of Topliss-reactive ketones (excluding diaryl/α,β-unsaturated/α-hetero) is 1. The number of ether oxygens (including phenoxy) is 3. The van der Waals surface area contributed by atoms with Crippen molar-refractivity contribution >= 4 is 28.8 Å². The van der Waals surface area contributed by atoms with E-state index >= 15 is 0 Å². The van der Waals surface area contributed by atoms with Crippen LogP contribution in [0.1, 0.15) is 45.3 Å². The Balaban J connectivity index is 1.51. The van der Waals surface area contributed by atoms with E-state index in [4.69, 9.17) is 23.0 Å². The summed E-state index contributed by atoms with van der Waals surface area (Å²) >= 11 is 0. The first-order chi connectivity index (χ1) is 16.9. The van der Waals surface area contributed by atoms with Crippen molar-refractivity contribution in [2.75, 3.05) is 7.11 Å². The van der Waals surface area contributed by atoms with Crippen molar-refractivity contribution in [2.24, 2.45) is 0 Å². The monoisotopic (exact) mass is 470 g/mol. The zero-order valence-electron chi connectivity index (χ0n) is 18.7. The van der Waals surface area contributed by atoms with E-state index in [1.165, 1.54) is 19.4 Å². The fourth-order valence-electron chi connectivity index (χ4n) is 4.52. The molecular formula is C27H18O8. The van der Waals surface area contributed by atoms with Crippen LogP contribution in [0.15, 0.2) is 68.1 Å². The zero-order chi connectivity index (χ0) is 24.3. The number of rotatable bonds is 3. The number of furan rings is 1. The van der Waals surface area contributed by atoms with Gasteiger partial charge in [0.05, 0.1) is 30.7 Å². The van der Waals surface area contributed by atoms with E-state index in [-0.39, 0.29) is 40.5 Å². The summed E-state index contributed by atoms with van der Waals surface area (Å²) in [6.07, 6.45) is 2.75. The molecule has 6 rings (SSSR count). The number of ketones is 1. The van der Waals surface area contributed by atoms with Gasteiger partial charge >= 0.3 is 5.97 Å². The van der Waals surface area contributed by atoms with Crippen LogP contribution in [0.3, 0.4) is 0 Å². The van der Waals surface area contributed by atoms with Crippen LogP contribution in [-0.2, 0) is 4.79 Å². The SMILES string of the molecule is COc1ccc2occ([C@@H]3CC(=O)Oc4ccc5c(c43)O/C(=C\c3ccc(C)o3)C5=O)c(=O)c2c1. The van der Waals surface area contributed by atoms with Crippen molar-refractivity contribution in [3.8, 4) is 17.2 Å². The van der Waals surface area contributed by atoms with E-state index in [9.17, 15) is 14.4 Å². The van der Waals surface area contributed by atoms with Gasteiger partial charge in [-0.3, -0.25) is 14.4 Å². The van der Waals surface area contributed by atoms with Crippen molar-refractivity contribution < 1.29 is 32.6 Å². The van der Waals surface area contributed by atoms with Crippen LogP contribution >= 0.6 is 0 Å². The van der Waals surface area contributed by atoms with E-state index in [1.807, 2.05) is 0 Å². The number of esters is 1. The minimum atomic E-state index is -0.731. The number of carbonyl (C=O) groups excluding carboxylic acids is 2. The van der Waals surface area contributed by atoms with Gasteiger partial charge in [-0.1, -0.05) is 0 Å². The highest BCUT2D eigenvalue weighted by molar-refractivity contribution is 6.15. The number of hydrogen-bond donors (Lipinski definition) is 0. The maximum absolute atomic E-state index is 13.5. The fraction of sp³-hybridized carbons (Fsp3) is 0.148. The maximum Gasteiger partial charge on any atom is 0.312 e. The van der Waals surface area contributed by atoms with Gasteiger partial charge in [0, 0.05) is 23.1 Å². The molecule has 1 atom stereocenters. The van der Waals surface area contributed by atoms with Gasteiger partial charge in [-0.25, -0.2) is 0 Å². The molecule has 0 amide bonds. The van der Waals surface area contributed by atoms with Crippen molar-refractivity contribution in [3.05, 3.63) is 92.9 Å². The Labute approximate surface area is 198 Å². The highest BCUT2D eigenvalue weighted by Gasteiger charge is 2.39. The molecule has 0 unspecified atom stereocenters. The molecule has 2 aliphatic heterocycles. The third kappa shape index (κ3) is 3.33. The Kier molecular flexibility index (Phi) is 4.63. The van der Waals surface area contributed by atoms with Crippen LogP contribution in [0.25, 0.3) is 17.0 Å². The molecule has 0 bridgehead atoms. The largest absolute Gasteiger partial charge is 0.497 e. The first kappa shape index (κ1) is 21.0. The molecule has 4 heterocycles. The quantitative estimate of drug-likeness (QED) is 0.240. The standard InChI is InChI=1S/C27H18O8/c1-13-3-4-15(33-13)10-22-26(30)16-6-8-21-24(27(16)35-22)17(11-23(28)34-21)19-12-32-20-7-5-14(31-2)9-18(20)25(19)29/h3-10,12,17H,11H2,1-2H3/b22-10-/t17-/m0/s1. The predicted octanol–water partition coefficient (Wildman–Crippen LogP) is 4.76. The van der Waals surface area contributed by atoms with Gasteiger partial charge in [0.2, 0.25) is 5.78 Å². The molecule has 35 heavy (non-hydrogen) atoms. The first-order valence-electron chi connectivity index (χ1n) is 10.9. The summed E-state index contributed by atoms with van der Waals surface area (Å²) < 4.78 is 28.0. The number of benzene rings is 2. The summed E-state index contributed by atoms with van der Waals surface area (Å²) in [6.45, 7) is 1.80. The summed E-state index contributed by atoms with van der Waals surface area (Å²) in [7, 11) is 1.51. The second-order valence-electron chi connectivity index (χ2n) is 8.36. The van der Waals surface area contributed by atoms with E-state index in [2.05, 4.69) is 0 Å². The molecule has 2 aliphatic rings. The lowest BCUT2D eigenvalue weighted by Crippen LogP contribution is -2.25. The molecule has 0 aliphatic carbocycles. The first-order valence-corrected chi connectivity index (χ1v) is 10.9. The van der Waals surface area contributed by atoms with Gasteiger partial charge in [-0.2, -0.15) is 0 Å². The van der Waals surface area contributed by atoms with Gasteiger partial charge in [-0.05, 0) is 49.4 Å². The van der Waals surface area contributed by atoms with Crippen LogP contribution in [0, 0.1) is 6.92 Å². The van der Waals surface area contributed by atoms with Gasteiger partial charge in [-0.15, -0.1) is 0 Å². The van der Waals surface area contributed by atoms with Gasteiger partial charge in [0.15, 0.2) is 11.2 Å². The molecule has 0 spiro atoms. The third-order valence-electron chi connectivity index (χ3n) is 6.20.